The van der Waals surface area contributed by atoms with Crippen LogP contribution in [0.25, 0.3) is 0 Å². The molecule has 7 heteroatoms. The van der Waals surface area contributed by atoms with E-state index in [4.69, 9.17) is 5.11 Å². The number of benzene rings is 1. The number of alkyl halides is 3. The fraction of sp³-hybridized carbons (Fsp3) is 0.364. The summed E-state index contributed by atoms with van der Waals surface area (Å²) in [5.74, 6) is -2.10. The van der Waals surface area contributed by atoms with Crippen LogP contribution in [0, 0.1) is 6.92 Å². The molecule has 0 aliphatic heterocycles. The maximum atomic E-state index is 12.9. The summed E-state index contributed by atoms with van der Waals surface area (Å²) in [5, 5.41) is 18.8. The van der Waals surface area contributed by atoms with Gasteiger partial charge in [0, 0.05) is 5.56 Å². The van der Waals surface area contributed by atoms with Gasteiger partial charge in [-0.05, 0) is 24.6 Å². The number of ether oxygens (including phenoxy) is 1. The van der Waals surface area contributed by atoms with Crippen LogP contribution >= 0.6 is 0 Å². The van der Waals surface area contributed by atoms with Gasteiger partial charge in [0.05, 0.1) is 7.11 Å². The molecule has 18 heavy (non-hydrogen) atoms. The van der Waals surface area contributed by atoms with Gasteiger partial charge in [-0.3, -0.25) is 0 Å². The molecule has 0 saturated heterocycles. The van der Waals surface area contributed by atoms with Crippen molar-refractivity contribution in [3.63, 3.8) is 0 Å². The van der Waals surface area contributed by atoms with E-state index in [0.717, 1.165) is 25.3 Å². The van der Waals surface area contributed by atoms with E-state index < -0.39 is 23.3 Å². The van der Waals surface area contributed by atoms with Crippen molar-refractivity contribution in [1.29, 1.82) is 0 Å². The molecule has 1 atom stereocenters. The Morgan fingerprint density at radius 1 is 1.33 bits per heavy atom. The second-order valence-electron chi connectivity index (χ2n) is 3.70. The average molecular weight is 264 g/mol. The van der Waals surface area contributed by atoms with Gasteiger partial charge in [0.2, 0.25) is 0 Å². The molecule has 0 bridgehead atoms. The Hall–Kier alpha value is -1.76. The minimum absolute atomic E-state index is 0.0831. The SMILES string of the molecule is COC(=O)[C@@](O)(c1ccc(O)cc1C)C(F)(F)F. The minimum Gasteiger partial charge on any atom is -0.508 e. The summed E-state index contributed by atoms with van der Waals surface area (Å²) in [7, 11) is 0.745. The molecule has 0 amide bonds. The number of aryl methyl sites for hydroxylation is 1. The molecule has 0 unspecified atom stereocenters. The zero-order valence-electron chi connectivity index (χ0n) is 9.58. The molecule has 0 heterocycles. The van der Waals surface area contributed by atoms with Crippen molar-refractivity contribution >= 4 is 5.97 Å². The van der Waals surface area contributed by atoms with Crippen LogP contribution in [-0.4, -0.2) is 29.5 Å². The number of esters is 1. The molecule has 1 aromatic rings. The third-order valence-electron chi connectivity index (χ3n) is 2.49. The first kappa shape index (κ1) is 14.3. The van der Waals surface area contributed by atoms with Crippen molar-refractivity contribution in [3.8, 4) is 5.75 Å². The third kappa shape index (κ3) is 2.13. The summed E-state index contributed by atoms with van der Waals surface area (Å²) < 4.78 is 42.7. The number of phenols is 1. The molecule has 1 aromatic carbocycles. The van der Waals surface area contributed by atoms with E-state index in [-0.39, 0.29) is 11.3 Å². The van der Waals surface area contributed by atoms with Gasteiger partial charge in [-0.2, -0.15) is 13.2 Å². The van der Waals surface area contributed by atoms with Crippen LogP contribution in [-0.2, 0) is 15.1 Å². The standard InChI is InChI=1S/C11H11F3O4/c1-6-5-7(15)3-4-8(6)10(17,9(16)18-2)11(12,13)14/h3-5,15,17H,1-2H3/t10-/m0/s1. The predicted molar refractivity (Wildman–Crippen MR) is 54.8 cm³/mol. The van der Waals surface area contributed by atoms with E-state index in [1.807, 2.05) is 0 Å². The van der Waals surface area contributed by atoms with Crippen LogP contribution < -0.4 is 0 Å². The molecular formula is C11H11F3O4. The average Bonchev–Trinajstić information content (AvgIpc) is 2.25. The van der Waals surface area contributed by atoms with Gasteiger partial charge in [-0.1, -0.05) is 6.07 Å². The monoisotopic (exact) mass is 264 g/mol. The zero-order valence-corrected chi connectivity index (χ0v) is 9.58. The summed E-state index contributed by atoms with van der Waals surface area (Å²) in [6.07, 6.45) is -5.23. The van der Waals surface area contributed by atoms with E-state index in [0.29, 0.717) is 0 Å². The molecule has 0 fully saturated rings. The highest BCUT2D eigenvalue weighted by molar-refractivity contribution is 5.82. The van der Waals surface area contributed by atoms with E-state index in [2.05, 4.69) is 4.74 Å². The summed E-state index contributed by atoms with van der Waals surface area (Å²) in [6, 6.07) is 2.78. The van der Waals surface area contributed by atoms with E-state index in [1.54, 1.807) is 0 Å². The summed E-state index contributed by atoms with van der Waals surface area (Å²) in [6.45, 7) is 1.23. The van der Waals surface area contributed by atoms with Crippen molar-refractivity contribution in [3.05, 3.63) is 29.3 Å². The summed E-state index contributed by atoms with van der Waals surface area (Å²) in [4.78, 5) is 11.3. The van der Waals surface area contributed by atoms with Gasteiger partial charge < -0.3 is 14.9 Å². The first-order valence-electron chi connectivity index (χ1n) is 4.82. The van der Waals surface area contributed by atoms with Gasteiger partial charge >= 0.3 is 12.1 Å². The third-order valence-corrected chi connectivity index (χ3v) is 2.49. The largest absolute Gasteiger partial charge is 0.508 e. The molecule has 1 rings (SSSR count). The molecule has 0 aromatic heterocycles. The second-order valence-corrected chi connectivity index (χ2v) is 3.70. The van der Waals surface area contributed by atoms with Crippen LogP contribution in [0.1, 0.15) is 11.1 Å². The van der Waals surface area contributed by atoms with E-state index in [1.165, 1.54) is 6.92 Å². The number of phenolic OH excluding ortho intramolecular Hbond substituents is 1. The van der Waals surface area contributed by atoms with Crippen molar-refractivity contribution in [2.24, 2.45) is 0 Å². The highest BCUT2D eigenvalue weighted by Gasteiger charge is 2.62. The van der Waals surface area contributed by atoms with Crippen LogP contribution in [0.2, 0.25) is 0 Å². The van der Waals surface area contributed by atoms with Crippen molar-refractivity contribution < 1.29 is 32.9 Å². The minimum atomic E-state index is -5.23. The molecular weight excluding hydrogens is 253 g/mol. The molecule has 2 N–H and O–H groups in total. The first-order chi connectivity index (χ1) is 8.14. The number of aromatic hydroxyl groups is 1. The smallest absolute Gasteiger partial charge is 0.432 e. The van der Waals surface area contributed by atoms with Gasteiger partial charge in [-0.15, -0.1) is 0 Å². The lowest BCUT2D eigenvalue weighted by Crippen LogP contribution is -2.50. The van der Waals surface area contributed by atoms with Gasteiger partial charge in [0.15, 0.2) is 0 Å². The lowest BCUT2D eigenvalue weighted by Gasteiger charge is -2.29. The molecule has 0 radical (unpaired) electrons. The first-order valence-corrected chi connectivity index (χ1v) is 4.82. The van der Waals surface area contributed by atoms with Gasteiger partial charge in [0.1, 0.15) is 5.75 Å². The Labute approximate surface area is 101 Å². The Balaban J connectivity index is 3.50. The number of hydrogen-bond donors (Lipinski definition) is 2. The predicted octanol–water partition coefficient (Wildman–Crippen LogP) is 1.62. The van der Waals surface area contributed by atoms with Crippen molar-refractivity contribution in [2.45, 2.75) is 18.7 Å². The fourth-order valence-electron chi connectivity index (χ4n) is 1.58. The quantitative estimate of drug-likeness (QED) is 0.797. The van der Waals surface area contributed by atoms with Crippen LogP contribution in [0.5, 0.6) is 5.75 Å². The van der Waals surface area contributed by atoms with Crippen molar-refractivity contribution in [2.75, 3.05) is 7.11 Å². The lowest BCUT2D eigenvalue weighted by molar-refractivity contribution is -0.267. The topological polar surface area (TPSA) is 66.8 Å². The summed E-state index contributed by atoms with van der Waals surface area (Å²) in [5.41, 5.74) is -4.51. The Morgan fingerprint density at radius 2 is 1.89 bits per heavy atom. The maximum Gasteiger partial charge on any atom is 0.432 e. The fourth-order valence-corrected chi connectivity index (χ4v) is 1.58. The lowest BCUT2D eigenvalue weighted by atomic mass is 9.89. The van der Waals surface area contributed by atoms with E-state index >= 15 is 0 Å². The molecule has 0 saturated carbocycles. The highest BCUT2D eigenvalue weighted by Crippen LogP contribution is 2.41. The number of rotatable bonds is 2. The zero-order chi connectivity index (χ0) is 14.1. The van der Waals surface area contributed by atoms with E-state index in [9.17, 15) is 23.1 Å². The normalized spacial score (nSPS) is 15.0. The van der Waals surface area contributed by atoms with Gasteiger partial charge in [-0.25, -0.2) is 4.79 Å². The number of halogens is 3. The molecule has 0 aliphatic rings. The molecule has 0 aliphatic carbocycles. The molecule has 100 valence electrons. The number of hydrogen-bond acceptors (Lipinski definition) is 4. The number of carbonyl (C=O) groups excluding carboxylic acids is 1. The Morgan fingerprint density at radius 3 is 2.28 bits per heavy atom. The van der Waals surface area contributed by atoms with Crippen LogP contribution in [0.3, 0.4) is 0 Å². The number of carbonyl (C=O) groups is 1. The molecule has 0 spiro atoms. The second kappa shape index (κ2) is 4.49. The van der Waals surface area contributed by atoms with Crippen LogP contribution in [0.4, 0.5) is 13.2 Å². The van der Waals surface area contributed by atoms with Crippen LogP contribution in [0.15, 0.2) is 18.2 Å². The number of aliphatic hydroxyl groups is 1. The van der Waals surface area contributed by atoms with Crippen molar-refractivity contribution in [1.82, 2.24) is 0 Å². The highest BCUT2D eigenvalue weighted by atomic mass is 19.4. The molecule has 4 nitrogen and oxygen atoms in total. The Kier molecular flexibility index (Phi) is 3.57. The summed E-state index contributed by atoms with van der Waals surface area (Å²) >= 11 is 0. The number of methoxy groups -OCH3 is 1. The Bertz CT molecular complexity index is 470. The maximum absolute atomic E-state index is 12.9. The van der Waals surface area contributed by atoms with Gasteiger partial charge in [0.25, 0.3) is 5.60 Å².